The Hall–Kier alpha value is -6.15. The Morgan fingerprint density at radius 2 is 1.07 bits per heavy atom. The molecule has 1 N–H and O–H groups in total. The molecule has 2 aromatic heterocycles. The molecule has 1 amide bonds. The lowest BCUT2D eigenvalue weighted by atomic mass is 10.2. The topological polar surface area (TPSA) is 118 Å². The number of carbonyl (C=O) groups excluding carboxylic acids is 1. The fraction of sp³-hybridized carbons (Fsp3) is 0.310. The first-order chi connectivity index (χ1) is 26.5. The average Bonchev–Trinajstić information content (AvgIpc) is 3.18. The number of para-hydroxylation sites is 2. The quantitative estimate of drug-likeness (QED) is 0.226. The van der Waals surface area contributed by atoms with Crippen LogP contribution in [-0.4, -0.2) is 88.1 Å². The van der Waals surface area contributed by atoms with E-state index in [0.29, 0.717) is 72.8 Å². The number of anilines is 2. The highest BCUT2D eigenvalue weighted by atomic mass is 19.1. The third kappa shape index (κ3) is 8.55. The lowest BCUT2D eigenvalue weighted by molar-refractivity contribution is 0.0240. The Morgan fingerprint density at radius 3 is 1.50 bits per heavy atom. The number of carbonyl (C=O) groups is 1. The number of fused-ring (bicyclic) bond motifs is 2. The first-order valence-corrected chi connectivity index (χ1v) is 18.2. The van der Waals surface area contributed by atoms with Gasteiger partial charge in [-0.1, -0.05) is 43.8 Å². The van der Waals surface area contributed by atoms with Gasteiger partial charge in [-0.15, -0.1) is 0 Å². The van der Waals surface area contributed by atoms with E-state index in [0.717, 1.165) is 18.8 Å². The Labute approximate surface area is 323 Å². The van der Waals surface area contributed by atoms with Crippen LogP contribution >= 0.6 is 0 Å². The van der Waals surface area contributed by atoms with E-state index in [1.54, 1.807) is 26.2 Å². The molecular weight excluding hydrogens is 719 g/mol. The molecule has 0 spiro atoms. The molecular formula is C42H46F2N8O4. The van der Waals surface area contributed by atoms with Crippen LogP contribution in [0.25, 0.3) is 33.4 Å². The van der Waals surface area contributed by atoms with Gasteiger partial charge in [0, 0.05) is 75.9 Å². The van der Waals surface area contributed by atoms with Gasteiger partial charge in [-0.05, 0) is 69.3 Å². The molecule has 14 heteroatoms. The van der Waals surface area contributed by atoms with E-state index in [1.807, 2.05) is 91.2 Å². The maximum atomic E-state index is 13.9. The third-order valence-electron chi connectivity index (χ3n) is 9.27. The second-order valence-electron chi connectivity index (χ2n) is 14.3. The maximum Gasteiger partial charge on any atom is 0.410 e. The van der Waals surface area contributed by atoms with Crippen LogP contribution in [0.15, 0.2) is 107 Å². The number of hydrogen-bond acceptors (Lipinski definition) is 9. The largest absolute Gasteiger partial charge is 0.444 e. The van der Waals surface area contributed by atoms with Gasteiger partial charge >= 0.3 is 6.09 Å². The molecule has 4 heterocycles. The molecule has 0 atom stereocenters. The summed E-state index contributed by atoms with van der Waals surface area (Å²) in [5.41, 5.74) is 2.42. The summed E-state index contributed by atoms with van der Waals surface area (Å²) in [4.78, 5) is 53.3. The minimum atomic E-state index is -0.568. The van der Waals surface area contributed by atoms with Gasteiger partial charge in [-0.25, -0.2) is 23.5 Å². The van der Waals surface area contributed by atoms with Gasteiger partial charge in [-0.3, -0.25) is 18.7 Å². The average molecular weight is 765 g/mol. The molecule has 2 aliphatic rings. The summed E-state index contributed by atoms with van der Waals surface area (Å²) in [5.74, 6) is -0.164. The third-order valence-corrected chi connectivity index (χ3v) is 9.27. The number of nitrogens with zero attached hydrogens (tertiary/aromatic N) is 7. The van der Waals surface area contributed by atoms with E-state index < -0.39 is 11.4 Å². The van der Waals surface area contributed by atoms with Gasteiger partial charge < -0.3 is 24.8 Å². The summed E-state index contributed by atoms with van der Waals surface area (Å²) in [5, 5.41) is 3.26. The number of piperazine rings is 2. The highest BCUT2D eigenvalue weighted by Crippen LogP contribution is 2.22. The fourth-order valence-electron chi connectivity index (χ4n) is 6.68. The molecule has 8 rings (SSSR count). The maximum absolute atomic E-state index is 13.9. The second-order valence-corrected chi connectivity index (χ2v) is 14.3. The first-order valence-electron chi connectivity index (χ1n) is 18.2. The number of benzene rings is 4. The number of nitrogens with one attached hydrogen (secondary N) is 1. The van der Waals surface area contributed by atoms with Crippen molar-refractivity contribution >= 4 is 39.8 Å². The van der Waals surface area contributed by atoms with E-state index in [4.69, 9.17) is 4.74 Å². The van der Waals surface area contributed by atoms with Crippen LogP contribution in [0.4, 0.5) is 25.2 Å². The summed E-state index contributed by atoms with van der Waals surface area (Å²) in [6.07, 6.45) is -0.373. The predicted octanol–water partition coefficient (Wildman–Crippen LogP) is 6.15. The number of hydrogen-bond donors (Lipinski definition) is 1. The normalized spacial score (nSPS) is 14.6. The van der Waals surface area contributed by atoms with Crippen molar-refractivity contribution in [3.8, 4) is 11.4 Å². The molecule has 0 aliphatic carbocycles. The van der Waals surface area contributed by atoms with Crippen LogP contribution in [0.2, 0.25) is 0 Å². The number of aromatic nitrogens is 4. The van der Waals surface area contributed by atoms with Gasteiger partial charge in [0.25, 0.3) is 11.1 Å². The zero-order valence-corrected chi connectivity index (χ0v) is 30.9. The lowest BCUT2D eigenvalue weighted by Gasteiger charge is -2.36. The second kappa shape index (κ2) is 16.7. The van der Waals surface area contributed by atoms with Gasteiger partial charge in [0.2, 0.25) is 0 Å². The van der Waals surface area contributed by atoms with Gasteiger partial charge in [0.15, 0.2) is 11.6 Å². The van der Waals surface area contributed by atoms with Crippen molar-refractivity contribution in [2.24, 2.45) is 0 Å². The van der Waals surface area contributed by atoms with Crippen LogP contribution in [-0.2, 0) is 4.74 Å². The predicted molar refractivity (Wildman–Crippen MR) is 216 cm³/mol. The summed E-state index contributed by atoms with van der Waals surface area (Å²) in [6.45, 7) is 10.2. The molecule has 4 aromatic carbocycles. The monoisotopic (exact) mass is 764 g/mol. The zero-order valence-electron chi connectivity index (χ0n) is 30.9. The lowest BCUT2D eigenvalue weighted by Crippen LogP contribution is -2.51. The molecule has 12 nitrogen and oxygen atoms in total. The molecule has 0 radical (unpaired) electrons. The van der Waals surface area contributed by atoms with Gasteiger partial charge in [0.05, 0.1) is 22.1 Å². The van der Waals surface area contributed by atoms with Crippen LogP contribution in [0.3, 0.4) is 0 Å². The molecule has 2 aliphatic heterocycles. The number of ether oxygens (including phenoxy) is 1. The van der Waals surface area contributed by atoms with Crippen molar-refractivity contribution in [3.63, 3.8) is 0 Å². The van der Waals surface area contributed by atoms with Crippen LogP contribution in [0, 0.1) is 11.6 Å². The standard InChI is InChI=1S/C23H25FN4O3.C18H17FN4O.CH4/c1-23(2,3)31-22(30)27-13-11-26(12-14-27)20-21(29)28(17-7-5-4-6-8-17)19-10-9-16(24)15-18(19)25-20;19-13-6-7-16-15(12-13)21-17(22-10-8-20-9-11-22)18(24)23(16)14-4-2-1-3-5-14;/h4-10,15H,11-14H2,1-3H3;1-7,12,20H,8-11H2;1H4. The summed E-state index contributed by atoms with van der Waals surface area (Å²) >= 11 is 0. The molecule has 6 aromatic rings. The zero-order chi connectivity index (χ0) is 38.7. The Kier molecular flexibility index (Phi) is 11.8. The van der Waals surface area contributed by atoms with Crippen molar-refractivity contribution in [1.29, 1.82) is 0 Å². The summed E-state index contributed by atoms with van der Waals surface area (Å²) in [7, 11) is 0. The van der Waals surface area contributed by atoms with Crippen molar-refractivity contribution in [2.45, 2.75) is 33.8 Å². The Morgan fingerprint density at radius 1 is 0.643 bits per heavy atom. The number of rotatable bonds is 4. The fourth-order valence-corrected chi connectivity index (χ4v) is 6.68. The first kappa shape index (κ1) is 39.5. The minimum Gasteiger partial charge on any atom is -0.444 e. The Balaban J connectivity index is 0.000000192. The van der Waals surface area contributed by atoms with Crippen molar-refractivity contribution in [2.75, 3.05) is 62.2 Å². The molecule has 0 bridgehead atoms. The smallest absolute Gasteiger partial charge is 0.410 e. The van der Waals surface area contributed by atoms with E-state index in [9.17, 15) is 23.2 Å². The molecule has 56 heavy (non-hydrogen) atoms. The van der Waals surface area contributed by atoms with Gasteiger partial charge in [-0.2, -0.15) is 0 Å². The van der Waals surface area contributed by atoms with Gasteiger partial charge in [0.1, 0.15) is 17.2 Å². The van der Waals surface area contributed by atoms with Crippen LogP contribution in [0.5, 0.6) is 0 Å². The summed E-state index contributed by atoms with van der Waals surface area (Å²) < 4.78 is 36.2. The Bertz CT molecular complexity index is 2440. The van der Waals surface area contributed by atoms with Crippen molar-refractivity contribution < 1.29 is 18.3 Å². The van der Waals surface area contributed by atoms with E-state index >= 15 is 0 Å². The SMILES string of the molecule is C.CC(C)(C)OC(=O)N1CCN(c2nc3cc(F)ccc3n(-c3ccccc3)c2=O)CC1.O=c1c(N2CCNCC2)nc2cc(F)ccc2n1-c1ccccc1. The van der Waals surface area contributed by atoms with Crippen molar-refractivity contribution in [3.05, 3.63) is 129 Å². The molecule has 0 unspecified atom stereocenters. The summed E-state index contributed by atoms with van der Waals surface area (Å²) in [6, 6.07) is 27.1. The van der Waals surface area contributed by atoms with Crippen LogP contribution in [0.1, 0.15) is 28.2 Å². The number of amides is 1. The molecule has 292 valence electrons. The molecule has 2 saturated heterocycles. The van der Waals surface area contributed by atoms with E-state index in [2.05, 4.69) is 15.3 Å². The number of halogens is 2. The molecule has 0 saturated carbocycles. The highest BCUT2D eigenvalue weighted by Gasteiger charge is 2.28. The van der Waals surface area contributed by atoms with E-state index in [-0.39, 0.29) is 36.3 Å². The minimum absolute atomic E-state index is 0. The van der Waals surface area contributed by atoms with Crippen LogP contribution < -0.4 is 26.2 Å². The van der Waals surface area contributed by atoms with Crippen molar-refractivity contribution in [1.82, 2.24) is 29.3 Å². The highest BCUT2D eigenvalue weighted by molar-refractivity contribution is 5.80. The van der Waals surface area contributed by atoms with E-state index in [1.165, 1.54) is 24.3 Å². The molecule has 2 fully saturated rings.